The van der Waals surface area contributed by atoms with Crippen molar-refractivity contribution >= 4 is 34.9 Å². The lowest BCUT2D eigenvalue weighted by Gasteiger charge is -2.33. The fourth-order valence-corrected chi connectivity index (χ4v) is 5.21. The number of H-pyrrole nitrogens is 1. The summed E-state index contributed by atoms with van der Waals surface area (Å²) >= 11 is 0. The van der Waals surface area contributed by atoms with Crippen LogP contribution in [-0.4, -0.2) is 42.0 Å². The molecule has 1 saturated heterocycles. The quantitative estimate of drug-likeness (QED) is 0.569. The summed E-state index contributed by atoms with van der Waals surface area (Å²) in [5.41, 5.74) is 3.36. The summed E-state index contributed by atoms with van der Waals surface area (Å²) < 4.78 is 27.2. The van der Waals surface area contributed by atoms with Crippen LogP contribution >= 0.6 is 12.4 Å². The highest BCUT2D eigenvalue weighted by Crippen LogP contribution is 2.41. The minimum atomic E-state index is -0.822. The van der Waals surface area contributed by atoms with Crippen molar-refractivity contribution in [3.8, 4) is 0 Å². The second kappa shape index (κ2) is 8.49. The third-order valence-electron chi connectivity index (χ3n) is 7.07. The number of para-hydroxylation sites is 1. The zero-order chi connectivity index (χ0) is 21.8. The van der Waals surface area contributed by atoms with Gasteiger partial charge in [-0.3, -0.25) is 4.79 Å². The van der Waals surface area contributed by atoms with Gasteiger partial charge >= 0.3 is 0 Å². The number of likely N-dealkylation sites (tertiary alicyclic amines) is 1. The molecule has 1 fully saturated rings. The number of amides is 1. The lowest BCUT2D eigenvalue weighted by molar-refractivity contribution is -0.122. The monoisotopic (exact) mass is 459 g/mol. The molecule has 4 nitrogen and oxygen atoms in total. The van der Waals surface area contributed by atoms with Gasteiger partial charge in [-0.2, -0.15) is 0 Å². The first-order chi connectivity index (χ1) is 14.9. The van der Waals surface area contributed by atoms with E-state index in [0.717, 1.165) is 54.7 Å². The Labute approximate surface area is 193 Å². The average Bonchev–Trinajstić information content (AvgIpc) is 3.24. The van der Waals surface area contributed by atoms with Gasteiger partial charge in [-0.15, -0.1) is 12.4 Å². The van der Waals surface area contributed by atoms with Gasteiger partial charge in [-0.25, -0.2) is 8.78 Å². The van der Waals surface area contributed by atoms with Crippen LogP contribution in [0.15, 0.2) is 42.6 Å². The number of nitrogens with one attached hydrogen (secondary N) is 1. The highest BCUT2D eigenvalue weighted by Gasteiger charge is 2.43. The fourth-order valence-electron chi connectivity index (χ4n) is 5.21. The maximum absolute atomic E-state index is 13.7. The number of hydrogen-bond acceptors (Lipinski definition) is 2. The van der Waals surface area contributed by atoms with E-state index in [1.165, 1.54) is 12.1 Å². The first kappa shape index (κ1) is 22.7. The number of halogens is 3. The number of aromatic amines is 1. The molecule has 7 heteroatoms. The third-order valence-corrected chi connectivity index (χ3v) is 7.07. The highest BCUT2D eigenvalue weighted by atomic mass is 35.5. The zero-order valence-electron chi connectivity index (χ0n) is 18.3. The highest BCUT2D eigenvalue weighted by molar-refractivity contribution is 6.07. The number of piperidine rings is 1. The van der Waals surface area contributed by atoms with E-state index >= 15 is 0 Å². The molecule has 2 aliphatic heterocycles. The lowest BCUT2D eigenvalue weighted by Crippen LogP contribution is -2.43. The Bertz CT molecular complexity index is 1150. The van der Waals surface area contributed by atoms with Crippen molar-refractivity contribution in [3.63, 3.8) is 0 Å². The molecule has 0 saturated carbocycles. The molecular weight excluding hydrogens is 432 g/mol. The molecule has 1 aromatic heterocycles. The minimum Gasteiger partial charge on any atom is -0.361 e. The van der Waals surface area contributed by atoms with E-state index in [-0.39, 0.29) is 18.3 Å². The van der Waals surface area contributed by atoms with Gasteiger partial charge in [0.2, 0.25) is 5.91 Å². The summed E-state index contributed by atoms with van der Waals surface area (Å²) in [5.74, 6) is -1.14. The molecular formula is C25H28ClF2N3O. The van der Waals surface area contributed by atoms with Crippen LogP contribution in [0.25, 0.3) is 10.9 Å². The Morgan fingerprint density at radius 3 is 2.50 bits per heavy atom. The van der Waals surface area contributed by atoms with Crippen LogP contribution in [-0.2, 0) is 10.2 Å². The molecule has 1 amide bonds. The molecule has 0 bridgehead atoms. The second-order valence-corrected chi connectivity index (χ2v) is 9.27. The minimum absolute atomic E-state index is 0. The maximum atomic E-state index is 13.7. The standard InChI is InChI=1S/C25H27F2N3O.ClH/c1-25(2)19-5-3-4-6-23(19)30(24(25)31)12-11-29-9-7-16(8-10-29)18-15-28-22-14-21(27)20(26)13-17(18)22;/h3-6,13-16,28H,7-12H2,1-2H3;1H. The summed E-state index contributed by atoms with van der Waals surface area (Å²) in [6.07, 6.45) is 3.82. The molecule has 5 rings (SSSR count). The zero-order valence-corrected chi connectivity index (χ0v) is 19.1. The summed E-state index contributed by atoms with van der Waals surface area (Å²) in [6, 6.07) is 10.6. The Morgan fingerprint density at radius 1 is 1.06 bits per heavy atom. The topological polar surface area (TPSA) is 39.3 Å². The van der Waals surface area contributed by atoms with Gasteiger partial charge in [0.25, 0.3) is 0 Å². The van der Waals surface area contributed by atoms with Crippen LogP contribution in [0, 0.1) is 11.6 Å². The Kier molecular flexibility index (Phi) is 6.03. The van der Waals surface area contributed by atoms with Crippen LogP contribution in [0.2, 0.25) is 0 Å². The van der Waals surface area contributed by atoms with Crippen LogP contribution in [0.1, 0.15) is 43.7 Å². The van der Waals surface area contributed by atoms with Gasteiger partial charge in [0.05, 0.1) is 5.41 Å². The van der Waals surface area contributed by atoms with E-state index in [1.807, 2.05) is 43.1 Å². The second-order valence-electron chi connectivity index (χ2n) is 9.27. The van der Waals surface area contributed by atoms with E-state index in [2.05, 4.69) is 16.0 Å². The Hall–Kier alpha value is -2.44. The maximum Gasteiger partial charge on any atom is 0.237 e. The Balaban J connectivity index is 0.00000245. The van der Waals surface area contributed by atoms with Gasteiger partial charge in [-0.05, 0) is 69.0 Å². The molecule has 1 N–H and O–H groups in total. The number of carbonyl (C=O) groups is 1. The van der Waals surface area contributed by atoms with Crippen LogP contribution in [0.3, 0.4) is 0 Å². The predicted molar refractivity (Wildman–Crippen MR) is 126 cm³/mol. The number of aromatic nitrogens is 1. The predicted octanol–water partition coefficient (Wildman–Crippen LogP) is 5.37. The molecule has 2 aromatic carbocycles. The summed E-state index contributed by atoms with van der Waals surface area (Å²) in [6.45, 7) is 7.35. The van der Waals surface area contributed by atoms with Crippen molar-refractivity contribution < 1.29 is 13.6 Å². The summed E-state index contributed by atoms with van der Waals surface area (Å²) in [5, 5.41) is 0.777. The number of carbonyl (C=O) groups excluding carboxylic acids is 1. The van der Waals surface area contributed by atoms with E-state index in [1.54, 1.807) is 0 Å². The van der Waals surface area contributed by atoms with Gasteiger partial charge in [-0.1, -0.05) is 18.2 Å². The number of hydrogen-bond donors (Lipinski definition) is 1. The number of anilines is 1. The van der Waals surface area contributed by atoms with E-state index in [9.17, 15) is 13.6 Å². The van der Waals surface area contributed by atoms with Crippen molar-refractivity contribution in [1.82, 2.24) is 9.88 Å². The van der Waals surface area contributed by atoms with Crippen LogP contribution in [0.5, 0.6) is 0 Å². The third kappa shape index (κ3) is 3.69. The smallest absolute Gasteiger partial charge is 0.237 e. The van der Waals surface area contributed by atoms with Gasteiger partial charge < -0.3 is 14.8 Å². The molecule has 0 spiro atoms. The molecule has 3 aromatic rings. The summed E-state index contributed by atoms with van der Waals surface area (Å²) in [7, 11) is 0. The van der Waals surface area contributed by atoms with Crippen molar-refractivity contribution in [2.24, 2.45) is 0 Å². The number of benzene rings is 2. The molecule has 0 atom stereocenters. The SMILES string of the molecule is CC1(C)C(=O)N(CCN2CCC(c3c[nH]c4cc(F)c(F)cc34)CC2)c2ccccc21.Cl. The van der Waals surface area contributed by atoms with Crippen molar-refractivity contribution in [1.29, 1.82) is 0 Å². The van der Waals surface area contributed by atoms with Crippen LogP contribution < -0.4 is 4.90 Å². The molecule has 3 heterocycles. The van der Waals surface area contributed by atoms with E-state index in [0.29, 0.717) is 18.0 Å². The van der Waals surface area contributed by atoms with Gasteiger partial charge in [0.15, 0.2) is 11.6 Å². The van der Waals surface area contributed by atoms with E-state index in [4.69, 9.17) is 0 Å². The normalized spacial score (nSPS) is 18.8. The number of nitrogens with zero attached hydrogens (tertiary/aromatic N) is 2. The molecule has 170 valence electrons. The van der Waals surface area contributed by atoms with Crippen molar-refractivity contribution in [2.75, 3.05) is 31.1 Å². The Morgan fingerprint density at radius 2 is 1.75 bits per heavy atom. The van der Waals surface area contributed by atoms with Crippen molar-refractivity contribution in [2.45, 2.75) is 38.0 Å². The fraction of sp³-hybridized carbons (Fsp3) is 0.400. The summed E-state index contributed by atoms with van der Waals surface area (Å²) in [4.78, 5) is 20.4. The largest absolute Gasteiger partial charge is 0.361 e. The lowest BCUT2D eigenvalue weighted by atomic mass is 9.86. The molecule has 0 aliphatic carbocycles. The van der Waals surface area contributed by atoms with Gasteiger partial charge in [0, 0.05) is 41.9 Å². The van der Waals surface area contributed by atoms with Crippen LogP contribution in [0.4, 0.5) is 14.5 Å². The van der Waals surface area contributed by atoms with Crippen molar-refractivity contribution in [3.05, 3.63) is 65.4 Å². The first-order valence-corrected chi connectivity index (χ1v) is 11.0. The first-order valence-electron chi connectivity index (χ1n) is 11.0. The number of fused-ring (bicyclic) bond motifs is 2. The molecule has 2 aliphatic rings. The molecule has 32 heavy (non-hydrogen) atoms. The molecule has 0 unspecified atom stereocenters. The molecule has 0 radical (unpaired) electrons. The van der Waals surface area contributed by atoms with Gasteiger partial charge in [0.1, 0.15) is 0 Å². The number of rotatable bonds is 4. The average molecular weight is 460 g/mol. The van der Waals surface area contributed by atoms with E-state index < -0.39 is 17.0 Å².